The van der Waals surface area contributed by atoms with Crippen molar-refractivity contribution in [2.24, 2.45) is 0 Å². The number of nitrogens with one attached hydrogen (secondary N) is 1. The van der Waals surface area contributed by atoms with Crippen molar-refractivity contribution >= 4 is 11.9 Å². The minimum atomic E-state index is -1.20. The SMILES string of the molecule is O=C1CC(C(=O)O)(c2ccc(O)cc2)CN1. The number of rotatable bonds is 2. The zero-order valence-corrected chi connectivity index (χ0v) is 8.43. The quantitative estimate of drug-likeness (QED) is 0.667. The summed E-state index contributed by atoms with van der Waals surface area (Å²) in [6.45, 7) is 0.0892. The van der Waals surface area contributed by atoms with Crippen molar-refractivity contribution in [3.63, 3.8) is 0 Å². The van der Waals surface area contributed by atoms with E-state index in [0.717, 1.165) is 0 Å². The average Bonchev–Trinajstić information content (AvgIpc) is 2.63. The van der Waals surface area contributed by atoms with Crippen LogP contribution in [0.1, 0.15) is 12.0 Å². The second-order valence-corrected chi connectivity index (χ2v) is 3.89. The molecular weight excluding hydrogens is 210 g/mol. The zero-order chi connectivity index (χ0) is 11.8. The maximum absolute atomic E-state index is 11.3. The number of aliphatic carboxylic acids is 1. The highest BCUT2D eigenvalue weighted by molar-refractivity contribution is 5.93. The zero-order valence-electron chi connectivity index (χ0n) is 8.43. The summed E-state index contributed by atoms with van der Waals surface area (Å²) in [7, 11) is 0. The molecule has 1 aromatic carbocycles. The third-order valence-electron chi connectivity index (χ3n) is 2.88. The summed E-state index contributed by atoms with van der Waals surface area (Å²) in [6, 6.07) is 5.90. The number of phenols is 1. The Bertz CT molecular complexity index is 440. The Morgan fingerprint density at radius 2 is 1.94 bits per heavy atom. The Morgan fingerprint density at radius 3 is 2.38 bits per heavy atom. The highest BCUT2D eigenvalue weighted by atomic mass is 16.4. The smallest absolute Gasteiger partial charge is 0.316 e. The first kappa shape index (κ1) is 10.5. The van der Waals surface area contributed by atoms with E-state index < -0.39 is 11.4 Å². The fourth-order valence-electron chi connectivity index (χ4n) is 1.91. The molecule has 1 amide bonds. The Hall–Kier alpha value is -2.04. The van der Waals surface area contributed by atoms with Gasteiger partial charge in [0.2, 0.25) is 5.91 Å². The molecule has 5 heteroatoms. The van der Waals surface area contributed by atoms with E-state index in [9.17, 15) is 14.7 Å². The highest BCUT2D eigenvalue weighted by Gasteiger charge is 2.46. The first-order valence-electron chi connectivity index (χ1n) is 4.84. The molecule has 3 N–H and O–H groups in total. The predicted octanol–water partition coefficient (Wildman–Crippen LogP) is 0.235. The molecule has 1 heterocycles. The van der Waals surface area contributed by atoms with Gasteiger partial charge in [0.15, 0.2) is 0 Å². The molecule has 2 rings (SSSR count). The molecule has 0 aliphatic carbocycles. The number of carbonyl (C=O) groups is 2. The van der Waals surface area contributed by atoms with Crippen molar-refractivity contribution in [2.75, 3.05) is 6.54 Å². The Kier molecular flexibility index (Phi) is 2.30. The third kappa shape index (κ3) is 1.50. The van der Waals surface area contributed by atoms with E-state index in [2.05, 4.69) is 5.32 Å². The number of hydrogen-bond donors (Lipinski definition) is 3. The van der Waals surface area contributed by atoms with Crippen LogP contribution in [-0.4, -0.2) is 28.6 Å². The van der Waals surface area contributed by atoms with E-state index in [0.29, 0.717) is 5.56 Å². The van der Waals surface area contributed by atoms with E-state index in [4.69, 9.17) is 5.11 Å². The van der Waals surface area contributed by atoms with Gasteiger partial charge in [-0.05, 0) is 17.7 Å². The van der Waals surface area contributed by atoms with Gasteiger partial charge in [0.05, 0.1) is 0 Å². The number of aromatic hydroxyl groups is 1. The molecule has 1 unspecified atom stereocenters. The van der Waals surface area contributed by atoms with Crippen LogP contribution in [0, 0.1) is 0 Å². The van der Waals surface area contributed by atoms with Crippen LogP contribution in [-0.2, 0) is 15.0 Å². The van der Waals surface area contributed by atoms with Gasteiger partial charge in [-0.1, -0.05) is 12.1 Å². The number of hydrogen-bond acceptors (Lipinski definition) is 3. The standard InChI is InChI=1S/C11H11NO4/c13-8-3-1-7(2-4-8)11(10(15)16)5-9(14)12-6-11/h1-4,13H,5-6H2,(H,12,14)(H,15,16). The van der Waals surface area contributed by atoms with Gasteiger partial charge in [0, 0.05) is 13.0 Å². The van der Waals surface area contributed by atoms with Crippen LogP contribution in [0.4, 0.5) is 0 Å². The summed E-state index contributed by atoms with van der Waals surface area (Å²) >= 11 is 0. The van der Waals surface area contributed by atoms with Crippen LogP contribution < -0.4 is 5.32 Å². The number of phenolic OH excluding ortho intramolecular Hbond substituents is 1. The summed E-state index contributed by atoms with van der Waals surface area (Å²) in [5.74, 6) is -1.23. The fraction of sp³-hybridized carbons (Fsp3) is 0.273. The normalized spacial score (nSPS) is 24.1. The van der Waals surface area contributed by atoms with Crippen molar-refractivity contribution in [1.82, 2.24) is 5.32 Å². The van der Waals surface area contributed by atoms with Crippen molar-refractivity contribution < 1.29 is 19.8 Å². The van der Waals surface area contributed by atoms with Gasteiger partial charge in [-0.2, -0.15) is 0 Å². The topological polar surface area (TPSA) is 86.6 Å². The molecule has 1 aliphatic heterocycles. The Balaban J connectivity index is 2.44. The second kappa shape index (κ2) is 3.52. The first-order chi connectivity index (χ1) is 7.54. The van der Waals surface area contributed by atoms with E-state index in [1.807, 2.05) is 0 Å². The van der Waals surface area contributed by atoms with Crippen LogP contribution in [0.3, 0.4) is 0 Å². The number of carboxylic acids is 1. The summed E-state index contributed by atoms with van der Waals surface area (Å²) < 4.78 is 0. The number of amides is 1. The lowest BCUT2D eigenvalue weighted by Crippen LogP contribution is -2.37. The summed E-state index contributed by atoms with van der Waals surface area (Å²) in [5, 5.41) is 20.9. The minimum Gasteiger partial charge on any atom is -0.508 e. The minimum absolute atomic E-state index is 0.0624. The van der Waals surface area contributed by atoms with Crippen molar-refractivity contribution in [3.8, 4) is 5.75 Å². The van der Waals surface area contributed by atoms with E-state index in [1.165, 1.54) is 24.3 Å². The van der Waals surface area contributed by atoms with Gasteiger partial charge < -0.3 is 15.5 Å². The van der Waals surface area contributed by atoms with E-state index >= 15 is 0 Å². The lowest BCUT2D eigenvalue weighted by Gasteiger charge is -2.22. The lowest BCUT2D eigenvalue weighted by molar-refractivity contribution is -0.143. The lowest BCUT2D eigenvalue weighted by atomic mass is 9.79. The molecule has 5 nitrogen and oxygen atoms in total. The number of benzene rings is 1. The second-order valence-electron chi connectivity index (χ2n) is 3.89. The summed E-state index contributed by atoms with van der Waals surface area (Å²) in [5.41, 5.74) is -0.679. The molecule has 1 fully saturated rings. The predicted molar refractivity (Wildman–Crippen MR) is 55.0 cm³/mol. The molecule has 1 saturated heterocycles. The van der Waals surface area contributed by atoms with Gasteiger partial charge in [-0.15, -0.1) is 0 Å². The van der Waals surface area contributed by atoms with Gasteiger partial charge >= 0.3 is 5.97 Å². The van der Waals surface area contributed by atoms with Crippen LogP contribution in [0.25, 0.3) is 0 Å². The van der Waals surface area contributed by atoms with Crippen LogP contribution in [0.5, 0.6) is 5.75 Å². The summed E-state index contributed by atoms with van der Waals surface area (Å²) in [4.78, 5) is 22.5. The molecule has 16 heavy (non-hydrogen) atoms. The molecule has 0 aromatic heterocycles. The molecule has 84 valence electrons. The molecular formula is C11H11NO4. The Morgan fingerprint density at radius 1 is 1.31 bits per heavy atom. The summed E-state index contributed by atoms with van der Waals surface area (Å²) in [6.07, 6.45) is -0.0624. The van der Waals surface area contributed by atoms with E-state index in [1.54, 1.807) is 0 Å². The Labute approximate surface area is 91.7 Å². The molecule has 0 bridgehead atoms. The van der Waals surface area contributed by atoms with Gasteiger partial charge in [0.1, 0.15) is 11.2 Å². The average molecular weight is 221 g/mol. The van der Waals surface area contributed by atoms with Crippen molar-refractivity contribution in [1.29, 1.82) is 0 Å². The molecule has 0 spiro atoms. The van der Waals surface area contributed by atoms with Crippen LogP contribution >= 0.6 is 0 Å². The maximum Gasteiger partial charge on any atom is 0.316 e. The van der Waals surface area contributed by atoms with Crippen molar-refractivity contribution in [3.05, 3.63) is 29.8 Å². The molecule has 1 aromatic rings. The van der Waals surface area contributed by atoms with E-state index in [-0.39, 0.29) is 24.6 Å². The van der Waals surface area contributed by atoms with Gasteiger partial charge in [-0.25, -0.2) is 0 Å². The molecule has 0 radical (unpaired) electrons. The van der Waals surface area contributed by atoms with Crippen LogP contribution in [0.2, 0.25) is 0 Å². The monoisotopic (exact) mass is 221 g/mol. The number of carboxylic acid groups (broad SMARTS) is 1. The maximum atomic E-state index is 11.3. The fourth-order valence-corrected chi connectivity index (χ4v) is 1.91. The highest BCUT2D eigenvalue weighted by Crippen LogP contribution is 2.32. The number of carbonyl (C=O) groups excluding carboxylic acids is 1. The molecule has 1 aliphatic rings. The van der Waals surface area contributed by atoms with Crippen LogP contribution in [0.15, 0.2) is 24.3 Å². The largest absolute Gasteiger partial charge is 0.508 e. The van der Waals surface area contributed by atoms with Gasteiger partial charge in [0.25, 0.3) is 0 Å². The first-order valence-corrected chi connectivity index (χ1v) is 4.84. The molecule has 1 atom stereocenters. The molecule has 0 saturated carbocycles. The van der Waals surface area contributed by atoms with Gasteiger partial charge in [-0.3, -0.25) is 9.59 Å². The third-order valence-corrected chi connectivity index (χ3v) is 2.88. The van der Waals surface area contributed by atoms with Crippen molar-refractivity contribution in [2.45, 2.75) is 11.8 Å².